The molecule has 0 radical (unpaired) electrons. The van der Waals surface area contributed by atoms with Crippen molar-refractivity contribution in [3.05, 3.63) is 54.1 Å². The van der Waals surface area contributed by atoms with Crippen LogP contribution in [0.1, 0.15) is 43.0 Å². The molecule has 1 fully saturated rings. The first kappa shape index (κ1) is 19.4. The molecule has 0 aromatic heterocycles. The number of anilines is 2. The van der Waals surface area contributed by atoms with Crippen LogP contribution in [-0.4, -0.2) is 18.4 Å². The van der Waals surface area contributed by atoms with Crippen LogP contribution in [0.15, 0.2) is 48.5 Å². The zero-order valence-corrected chi connectivity index (χ0v) is 15.8. The summed E-state index contributed by atoms with van der Waals surface area (Å²) < 4.78 is 5.38. The molecule has 0 atom stereocenters. The molecule has 3 rings (SSSR count). The monoisotopic (exact) mass is 377 g/mol. The summed E-state index contributed by atoms with van der Waals surface area (Å²) in [4.78, 5) is 24.9. The highest BCUT2D eigenvalue weighted by Gasteiger charge is 2.41. The summed E-state index contributed by atoms with van der Waals surface area (Å²) in [6, 6.07) is 16.0. The number of ether oxygens (including phenoxy) is 1. The van der Waals surface area contributed by atoms with E-state index in [-0.39, 0.29) is 11.8 Å². The smallest absolute Gasteiger partial charge is 0.255 e. The Morgan fingerprint density at radius 3 is 2.14 bits per heavy atom. The van der Waals surface area contributed by atoms with Gasteiger partial charge in [0, 0.05) is 16.9 Å². The van der Waals surface area contributed by atoms with Crippen LogP contribution in [0, 0.1) is 16.7 Å². The highest BCUT2D eigenvalue weighted by Crippen LogP contribution is 2.38. The summed E-state index contributed by atoms with van der Waals surface area (Å²) in [6.07, 6.45) is 2.98. The van der Waals surface area contributed by atoms with Gasteiger partial charge in [0.2, 0.25) is 5.91 Å². The lowest BCUT2D eigenvalue weighted by Crippen LogP contribution is -2.32. The van der Waals surface area contributed by atoms with Crippen molar-refractivity contribution in [3.63, 3.8) is 0 Å². The van der Waals surface area contributed by atoms with Gasteiger partial charge in [0.1, 0.15) is 11.2 Å². The number of carbonyl (C=O) groups excluding carboxylic acids is 2. The van der Waals surface area contributed by atoms with E-state index in [4.69, 9.17) is 4.74 Å². The second-order valence-electron chi connectivity index (χ2n) is 6.84. The fraction of sp³-hybridized carbons (Fsp3) is 0.318. The van der Waals surface area contributed by atoms with E-state index in [2.05, 4.69) is 16.7 Å². The van der Waals surface area contributed by atoms with Crippen molar-refractivity contribution in [2.45, 2.75) is 32.6 Å². The van der Waals surface area contributed by atoms with E-state index in [1.165, 1.54) is 0 Å². The maximum absolute atomic E-state index is 12.5. The van der Waals surface area contributed by atoms with Crippen LogP contribution in [0.3, 0.4) is 0 Å². The number of benzene rings is 2. The van der Waals surface area contributed by atoms with Gasteiger partial charge >= 0.3 is 0 Å². The number of hydrogen-bond donors (Lipinski definition) is 2. The fourth-order valence-electron chi connectivity index (χ4n) is 3.33. The van der Waals surface area contributed by atoms with Gasteiger partial charge in [-0.1, -0.05) is 12.8 Å². The molecule has 0 spiro atoms. The van der Waals surface area contributed by atoms with Crippen molar-refractivity contribution >= 4 is 23.2 Å². The van der Waals surface area contributed by atoms with E-state index >= 15 is 0 Å². The van der Waals surface area contributed by atoms with Gasteiger partial charge in [-0.25, -0.2) is 0 Å². The lowest BCUT2D eigenvalue weighted by Gasteiger charge is -2.19. The Balaban J connectivity index is 1.61. The lowest BCUT2D eigenvalue weighted by molar-refractivity contribution is -0.122. The molecule has 6 nitrogen and oxygen atoms in total. The molecule has 0 aliphatic heterocycles. The normalized spacial score (nSPS) is 14.7. The predicted molar refractivity (Wildman–Crippen MR) is 107 cm³/mol. The second-order valence-corrected chi connectivity index (χ2v) is 6.84. The summed E-state index contributed by atoms with van der Waals surface area (Å²) >= 11 is 0. The minimum Gasteiger partial charge on any atom is -0.494 e. The van der Waals surface area contributed by atoms with Gasteiger partial charge in [-0.3, -0.25) is 9.59 Å². The van der Waals surface area contributed by atoms with Crippen molar-refractivity contribution < 1.29 is 14.3 Å². The first-order chi connectivity index (χ1) is 13.6. The van der Waals surface area contributed by atoms with Crippen LogP contribution < -0.4 is 15.4 Å². The number of nitrogens with one attached hydrogen (secondary N) is 2. The Morgan fingerprint density at radius 1 is 1.00 bits per heavy atom. The number of nitrogens with zero attached hydrogens (tertiary/aromatic N) is 1. The molecule has 6 heteroatoms. The molecule has 144 valence electrons. The first-order valence-corrected chi connectivity index (χ1v) is 9.43. The first-order valence-electron chi connectivity index (χ1n) is 9.43. The average molecular weight is 377 g/mol. The maximum Gasteiger partial charge on any atom is 0.255 e. The molecule has 0 heterocycles. The Kier molecular flexibility index (Phi) is 5.95. The van der Waals surface area contributed by atoms with Gasteiger partial charge in [-0.2, -0.15) is 5.26 Å². The zero-order chi connectivity index (χ0) is 20.0. The quantitative estimate of drug-likeness (QED) is 0.782. The topological polar surface area (TPSA) is 91.2 Å². The molecule has 2 aromatic rings. The molecule has 28 heavy (non-hydrogen) atoms. The SMILES string of the molecule is CCOc1ccc(NC(=O)c2ccc(NC(=O)C3(C#N)CCCC3)cc2)cc1. The molecule has 1 saturated carbocycles. The summed E-state index contributed by atoms with van der Waals surface area (Å²) in [5.74, 6) is 0.239. The van der Waals surface area contributed by atoms with E-state index in [1.807, 2.05) is 6.92 Å². The third-order valence-corrected chi connectivity index (χ3v) is 4.93. The third-order valence-electron chi connectivity index (χ3n) is 4.93. The number of amides is 2. The van der Waals surface area contributed by atoms with Gasteiger partial charge in [0.05, 0.1) is 12.7 Å². The predicted octanol–water partition coefficient (Wildman–Crippen LogP) is 4.36. The Hall–Kier alpha value is -3.33. The Labute approximate surface area is 164 Å². The maximum atomic E-state index is 12.5. The molecule has 2 N–H and O–H groups in total. The van der Waals surface area contributed by atoms with Gasteiger partial charge < -0.3 is 15.4 Å². The van der Waals surface area contributed by atoms with Crippen LogP contribution in [0.4, 0.5) is 11.4 Å². The number of nitriles is 1. The van der Waals surface area contributed by atoms with Crippen LogP contribution in [0.25, 0.3) is 0 Å². The molecule has 1 aliphatic rings. The fourth-order valence-corrected chi connectivity index (χ4v) is 3.33. The van der Waals surface area contributed by atoms with Crippen LogP contribution in [0.5, 0.6) is 5.75 Å². The van der Waals surface area contributed by atoms with Gasteiger partial charge in [0.25, 0.3) is 5.91 Å². The highest BCUT2D eigenvalue weighted by molar-refractivity contribution is 6.05. The Morgan fingerprint density at radius 2 is 1.57 bits per heavy atom. The standard InChI is InChI=1S/C22H23N3O3/c1-2-28-19-11-9-17(10-12-19)24-20(26)16-5-7-18(8-6-16)25-21(27)22(15-23)13-3-4-14-22/h5-12H,2-4,13-14H2,1H3,(H,24,26)(H,25,27). The average Bonchev–Trinajstić information content (AvgIpc) is 3.21. The summed E-state index contributed by atoms with van der Waals surface area (Å²) in [5.41, 5.74) is 0.791. The van der Waals surface area contributed by atoms with Crippen LogP contribution in [-0.2, 0) is 4.79 Å². The van der Waals surface area contributed by atoms with E-state index in [0.717, 1.165) is 18.6 Å². The van der Waals surface area contributed by atoms with Crippen LogP contribution >= 0.6 is 0 Å². The van der Waals surface area contributed by atoms with E-state index < -0.39 is 5.41 Å². The van der Waals surface area contributed by atoms with Gasteiger partial charge in [-0.05, 0) is 68.3 Å². The summed E-state index contributed by atoms with van der Waals surface area (Å²) in [6.45, 7) is 2.50. The van der Waals surface area contributed by atoms with Crippen molar-refractivity contribution in [1.82, 2.24) is 0 Å². The summed E-state index contributed by atoms with van der Waals surface area (Å²) in [5, 5.41) is 15.0. The van der Waals surface area contributed by atoms with Crippen LogP contribution in [0.2, 0.25) is 0 Å². The number of carbonyl (C=O) groups is 2. The molecule has 1 aliphatic carbocycles. The molecular weight excluding hydrogens is 354 g/mol. The number of hydrogen-bond acceptors (Lipinski definition) is 4. The molecule has 2 aromatic carbocycles. The van der Waals surface area contributed by atoms with Gasteiger partial charge in [0.15, 0.2) is 0 Å². The van der Waals surface area contributed by atoms with Gasteiger partial charge in [-0.15, -0.1) is 0 Å². The molecule has 0 bridgehead atoms. The van der Waals surface area contributed by atoms with Crippen molar-refractivity contribution in [3.8, 4) is 11.8 Å². The minimum atomic E-state index is -0.927. The molecular formula is C22H23N3O3. The lowest BCUT2D eigenvalue weighted by atomic mass is 9.87. The van der Waals surface area contributed by atoms with Crippen molar-refractivity contribution in [2.24, 2.45) is 5.41 Å². The zero-order valence-electron chi connectivity index (χ0n) is 15.8. The number of rotatable bonds is 6. The minimum absolute atomic E-state index is 0.244. The molecule has 0 unspecified atom stereocenters. The largest absolute Gasteiger partial charge is 0.494 e. The van der Waals surface area contributed by atoms with Crippen molar-refractivity contribution in [2.75, 3.05) is 17.2 Å². The Bertz CT molecular complexity index is 877. The third kappa shape index (κ3) is 4.32. The van der Waals surface area contributed by atoms with E-state index in [1.54, 1.807) is 48.5 Å². The van der Waals surface area contributed by atoms with Crippen molar-refractivity contribution in [1.29, 1.82) is 5.26 Å². The second kappa shape index (κ2) is 8.57. The molecule has 2 amide bonds. The van der Waals surface area contributed by atoms with E-state index in [0.29, 0.717) is 36.4 Å². The highest BCUT2D eigenvalue weighted by atomic mass is 16.5. The van der Waals surface area contributed by atoms with E-state index in [9.17, 15) is 14.9 Å². The summed E-state index contributed by atoms with van der Waals surface area (Å²) in [7, 11) is 0. The molecule has 0 saturated heterocycles.